The molecule has 1 saturated heterocycles. The highest BCUT2D eigenvalue weighted by molar-refractivity contribution is 7.89. The molecule has 1 aromatic rings. The van der Waals surface area contributed by atoms with Gasteiger partial charge in [0.05, 0.1) is 4.90 Å². The summed E-state index contributed by atoms with van der Waals surface area (Å²) in [7, 11) is -3.72. The maximum absolute atomic E-state index is 13.1. The number of rotatable bonds is 3. The molecule has 1 heterocycles. The molecular weight excluding hydrogens is 300 g/mol. The van der Waals surface area contributed by atoms with Gasteiger partial charge >= 0.3 is 0 Å². The average Bonchev–Trinajstić information content (AvgIpc) is 2.93. The second-order valence-electron chi connectivity index (χ2n) is 6.13. The van der Waals surface area contributed by atoms with E-state index < -0.39 is 22.0 Å². The third-order valence-corrected chi connectivity index (χ3v) is 7.21. The molecule has 0 bridgehead atoms. The predicted molar refractivity (Wildman–Crippen MR) is 86.2 cm³/mol. The monoisotopic (exact) mass is 324 g/mol. The quantitative estimate of drug-likeness (QED) is 0.921. The fourth-order valence-electron chi connectivity index (χ4n) is 3.28. The van der Waals surface area contributed by atoms with Crippen LogP contribution >= 0.6 is 0 Å². The Kier molecular flexibility index (Phi) is 4.37. The molecule has 22 heavy (non-hydrogen) atoms. The first-order valence-electron chi connectivity index (χ1n) is 7.48. The summed E-state index contributed by atoms with van der Waals surface area (Å²) in [5.74, 6) is -0.572. The Morgan fingerprint density at radius 3 is 1.91 bits per heavy atom. The van der Waals surface area contributed by atoms with Crippen molar-refractivity contribution in [2.75, 3.05) is 6.54 Å². The Morgan fingerprint density at radius 2 is 1.45 bits per heavy atom. The van der Waals surface area contributed by atoms with Gasteiger partial charge < -0.3 is 5.73 Å². The van der Waals surface area contributed by atoms with E-state index in [0.717, 1.165) is 27.8 Å². The van der Waals surface area contributed by atoms with Crippen molar-refractivity contribution in [3.63, 3.8) is 0 Å². The zero-order chi connectivity index (χ0) is 16.8. The van der Waals surface area contributed by atoms with Gasteiger partial charge in [-0.3, -0.25) is 4.79 Å². The number of hydrogen-bond donors (Lipinski definition) is 1. The van der Waals surface area contributed by atoms with Crippen molar-refractivity contribution in [1.82, 2.24) is 4.31 Å². The van der Waals surface area contributed by atoms with Crippen molar-refractivity contribution in [1.29, 1.82) is 0 Å². The number of carbonyl (C=O) groups excluding carboxylic acids is 1. The first kappa shape index (κ1) is 17.0. The van der Waals surface area contributed by atoms with Crippen LogP contribution in [0.15, 0.2) is 4.90 Å². The Bertz CT molecular complexity index is 709. The largest absolute Gasteiger partial charge is 0.368 e. The van der Waals surface area contributed by atoms with Crippen LogP contribution in [-0.4, -0.2) is 31.2 Å². The summed E-state index contributed by atoms with van der Waals surface area (Å²) in [6.07, 6.45) is 1.16. The molecule has 1 amide bonds. The summed E-state index contributed by atoms with van der Waals surface area (Å²) in [6.45, 7) is 9.88. The molecular formula is C16H24N2O3S. The molecule has 6 heteroatoms. The third kappa shape index (κ3) is 2.44. The van der Waals surface area contributed by atoms with E-state index in [1.165, 1.54) is 4.31 Å². The van der Waals surface area contributed by atoms with Crippen LogP contribution in [0.3, 0.4) is 0 Å². The lowest BCUT2D eigenvalue weighted by Crippen LogP contribution is -2.44. The molecule has 0 radical (unpaired) electrons. The van der Waals surface area contributed by atoms with Gasteiger partial charge in [0, 0.05) is 6.54 Å². The second-order valence-corrected chi connectivity index (χ2v) is 7.96. The molecule has 0 spiro atoms. The first-order valence-corrected chi connectivity index (χ1v) is 8.92. The smallest absolute Gasteiger partial charge is 0.244 e. The first-order chi connectivity index (χ1) is 10.1. The van der Waals surface area contributed by atoms with Gasteiger partial charge in [-0.15, -0.1) is 0 Å². The van der Waals surface area contributed by atoms with E-state index in [-0.39, 0.29) is 0 Å². The van der Waals surface area contributed by atoms with E-state index in [4.69, 9.17) is 5.73 Å². The number of benzene rings is 1. The van der Waals surface area contributed by atoms with Crippen LogP contribution in [0.4, 0.5) is 0 Å². The summed E-state index contributed by atoms with van der Waals surface area (Å²) in [6, 6.07) is -0.731. The topological polar surface area (TPSA) is 80.5 Å². The van der Waals surface area contributed by atoms with Crippen LogP contribution in [0.25, 0.3) is 0 Å². The Hall–Kier alpha value is -1.40. The normalized spacial score (nSPS) is 19.6. The van der Waals surface area contributed by atoms with Crippen molar-refractivity contribution in [2.45, 2.75) is 58.4 Å². The van der Waals surface area contributed by atoms with E-state index in [2.05, 4.69) is 0 Å². The average molecular weight is 324 g/mol. The maximum Gasteiger partial charge on any atom is 0.244 e. The lowest BCUT2D eigenvalue weighted by atomic mass is 9.95. The van der Waals surface area contributed by atoms with Crippen molar-refractivity contribution >= 4 is 15.9 Å². The van der Waals surface area contributed by atoms with Crippen molar-refractivity contribution in [3.05, 3.63) is 27.8 Å². The highest BCUT2D eigenvalue weighted by Crippen LogP contribution is 2.34. The molecule has 0 aliphatic carbocycles. The molecule has 5 nitrogen and oxygen atoms in total. The second kappa shape index (κ2) is 5.66. The van der Waals surface area contributed by atoms with Crippen LogP contribution in [0.2, 0.25) is 0 Å². The van der Waals surface area contributed by atoms with Gasteiger partial charge in [-0.1, -0.05) is 0 Å². The standard InChI is InChI=1S/C16H24N2O3S/c1-9-10(2)12(4)15(13(5)11(9)3)22(20,21)18-8-6-7-14(18)16(17)19/h14H,6-8H2,1-5H3,(H2,17,19)/t14-/m1/s1. The van der Waals surface area contributed by atoms with Gasteiger partial charge in [0.25, 0.3) is 0 Å². The van der Waals surface area contributed by atoms with Crippen molar-refractivity contribution < 1.29 is 13.2 Å². The van der Waals surface area contributed by atoms with E-state index in [9.17, 15) is 13.2 Å². The zero-order valence-corrected chi connectivity index (χ0v) is 14.7. The summed E-state index contributed by atoms with van der Waals surface area (Å²) >= 11 is 0. The van der Waals surface area contributed by atoms with Gasteiger partial charge in [0.1, 0.15) is 6.04 Å². The maximum atomic E-state index is 13.1. The number of nitrogens with zero attached hydrogens (tertiary/aromatic N) is 1. The highest BCUT2D eigenvalue weighted by Gasteiger charge is 2.40. The van der Waals surface area contributed by atoms with E-state index in [1.54, 1.807) is 0 Å². The molecule has 122 valence electrons. The molecule has 0 aromatic heterocycles. The van der Waals surface area contributed by atoms with Crippen LogP contribution < -0.4 is 5.73 Å². The van der Waals surface area contributed by atoms with Gasteiger partial charge in [-0.2, -0.15) is 4.31 Å². The number of hydrogen-bond acceptors (Lipinski definition) is 3. The number of amides is 1. The molecule has 0 saturated carbocycles. The van der Waals surface area contributed by atoms with Crippen molar-refractivity contribution in [2.24, 2.45) is 5.73 Å². The lowest BCUT2D eigenvalue weighted by Gasteiger charge is -2.26. The number of nitrogens with two attached hydrogens (primary N) is 1. The molecule has 1 atom stereocenters. The summed E-state index contributed by atoms with van der Waals surface area (Å²) < 4.78 is 27.5. The van der Waals surface area contributed by atoms with Crippen LogP contribution in [0.5, 0.6) is 0 Å². The molecule has 1 aliphatic rings. The summed E-state index contributed by atoms with van der Waals surface area (Å²) in [5.41, 5.74) is 9.98. The Morgan fingerprint density at radius 1 is 1.00 bits per heavy atom. The zero-order valence-electron chi connectivity index (χ0n) is 13.9. The van der Waals surface area contributed by atoms with Gasteiger partial charge in [0.15, 0.2) is 0 Å². The Labute approximate surface area is 132 Å². The number of carbonyl (C=O) groups is 1. The minimum absolute atomic E-state index is 0.334. The van der Waals surface area contributed by atoms with E-state index in [0.29, 0.717) is 24.3 Å². The highest BCUT2D eigenvalue weighted by atomic mass is 32.2. The van der Waals surface area contributed by atoms with Crippen LogP contribution in [-0.2, 0) is 14.8 Å². The fraction of sp³-hybridized carbons (Fsp3) is 0.562. The third-order valence-electron chi connectivity index (χ3n) is 5.03. The van der Waals surface area contributed by atoms with Crippen LogP contribution in [0, 0.1) is 34.6 Å². The Balaban J connectivity index is 2.68. The molecule has 0 unspecified atom stereocenters. The lowest BCUT2D eigenvalue weighted by molar-refractivity contribution is -0.121. The van der Waals surface area contributed by atoms with E-state index >= 15 is 0 Å². The van der Waals surface area contributed by atoms with Gasteiger partial charge in [0.2, 0.25) is 15.9 Å². The molecule has 1 fully saturated rings. The van der Waals surface area contributed by atoms with Crippen LogP contribution in [0.1, 0.15) is 40.7 Å². The summed E-state index contributed by atoms with van der Waals surface area (Å²) in [4.78, 5) is 11.9. The van der Waals surface area contributed by atoms with Crippen molar-refractivity contribution in [3.8, 4) is 0 Å². The minimum atomic E-state index is -3.72. The SMILES string of the molecule is Cc1c(C)c(C)c(S(=O)(=O)N2CCC[C@@H]2C(N)=O)c(C)c1C. The molecule has 1 aromatic carbocycles. The number of sulfonamides is 1. The fourth-order valence-corrected chi connectivity index (χ4v) is 5.51. The van der Waals surface area contributed by atoms with Gasteiger partial charge in [-0.25, -0.2) is 8.42 Å². The minimum Gasteiger partial charge on any atom is -0.368 e. The number of primary amides is 1. The molecule has 2 rings (SSSR count). The van der Waals surface area contributed by atoms with Gasteiger partial charge in [-0.05, 0) is 75.3 Å². The predicted octanol–water partition coefficient (Wildman–Crippen LogP) is 1.87. The van der Waals surface area contributed by atoms with E-state index in [1.807, 2.05) is 34.6 Å². The molecule has 2 N–H and O–H groups in total. The molecule has 1 aliphatic heterocycles. The summed E-state index contributed by atoms with van der Waals surface area (Å²) in [5, 5.41) is 0.